The van der Waals surface area contributed by atoms with Crippen LogP contribution in [0.4, 0.5) is 4.39 Å². The van der Waals surface area contributed by atoms with E-state index in [4.69, 9.17) is 10.5 Å². The van der Waals surface area contributed by atoms with Gasteiger partial charge in [-0.1, -0.05) is 26.0 Å². The van der Waals surface area contributed by atoms with Gasteiger partial charge in [0.1, 0.15) is 17.3 Å². The Bertz CT molecular complexity index is 781. The number of nitrogens with two attached hydrogens (primary N) is 1. The number of fused-ring (bicyclic) bond motifs is 1. The molecule has 24 heavy (non-hydrogen) atoms. The van der Waals surface area contributed by atoms with Gasteiger partial charge < -0.3 is 10.5 Å². The summed E-state index contributed by atoms with van der Waals surface area (Å²) in [5.74, 6) is 0.581. The molecule has 0 aromatic heterocycles. The molecule has 0 fully saturated rings. The minimum atomic E-state index is -0.413. The Morgan fingerprint density at radius 2 is 1.92 bits per heavy atom. The average Bonchev–Trinajstić information content (AvgIpc) is 2.58. The SMILES string of the molecule is CC.Cc1cc(F)ccc1Oc1ccc2c(c1)CCC=C2C(N)=O. The van der Waals surface area contributed by atoms with Crippen molar-refractivity contribution < 1.29 is 13.9 Å². The zero-order valence-corrected chi connectivity index (χ0v) is 14.2. The van der Waals surface area contributed by atoms with Gasteiger partial charge in [-0.2, -0.15) is 0 Å². The van der Waals surface area contributed by atoms with Crippen molar-refractivity contribution in [2.45, 2.75) is 33.6 Å². The topological polar surface area (TPSA) is 52.3 Å². The second-order valence-electron chi connectivity index (χ2n) is 5.35. The van der Waals surface area contributed by atoms with E-state index in [9.17, 15) is 9.18 Å². The fraction of sp³-hybridized carbons (Fsp3) is 0.250. The van der Waals surface area contributed by atoms with Gasteiger partial charge in [-0.05, 0) is 66.8 Å². The first-order chi connectivity index (χ1) is 11.5. The van der Waals surface area contributed by atoms with E-state index in [2.05, 4.69) is 0 Å². The lowest BCUT2D eigenvalue weighted by Gasteiger charge is -2.17. The summed E-state index contributed by atoms with van der Waals surface area (Å²) in [6.45, 7) is 5.80. The quantitative estimate of drug-likeness (QED) is 0.883. The van der Waals surface area contributed by atoms with Gasteiger partial charge >= 0.3 is 0 Å². The normalized spacial score (nSPS) is 12.4. The lowest BCUT2D eigenvalue weighted by molar-refractivity contribution is -0.112. The van der Waals surface area contributed by atoms with E-state index >= 15 is 0 Å². The molecule has 1 aliphatic carbocycles. The molecular weight excluding hydrogens is 305 g/mol. The Morgan fingerprint density at radius 1 is 1.17 bits per heavy atom. The van der Waals surface area contributed by atoms with Crippen LogP contribution in [0.3, 0.4) is 0 Å². The van der Waals surface area contributed by atoms with Gasteiger partial charge in [-0.3, -0.25) is 4.79 Å². The molecule has 0 heterocycles. The average molecular weight is 327 g/mol. The molecule has 0 atom stereocenters. The molecule has 1 amide bonds. The maximum Gasteiger partial charge on any atom is 0.248 e. The van der Waals surface area contributed by atoms with E-state index in [1.54, 1.807) is 19.1 Å². The van der Waals surface area contributed by atoms with Gasteiger partial charge in [-0.25, -0.2) is 4.39 Å². The Labute approximate surface area is 141 Å². The fourth-order valence-electron chi connectivity index (χ4n) is 2.67. The number of carbonyl (C=O) groups excluding carboxylic acids is 1. The van der Waals surface area contributed by atoms with Crippen LogP contribution in [0.2, 0.25) is 0 Å². The van der Waals surface area contributed by atoms with Crippen LogP contribution in [0.1, 0.15) is 37.0 Å². The molecule has 0 bridgehead atoms. The lowest BCUT2D eigenvalue weighted by atomic mass is 9.90. The van der Waals surface area contributed by atoms with E-state index in [0.717, 1.165) is 29.5 Å². The van der Waals surface area contributed by atoms with Gasteiger partial charge in [-0.15, -0.1) is 0 Å². The summed E-state index contributed by atoms with van der Waals surface area (Å²) in [4.78, 5) is 11.5. The highest BCUT2D eigenvalue weighted by molar-refractivity contribution is 6.19. The number of allylic oxidation sites excluding steroid dienone is 1. The van der Waals surface area contributed by atoms with Crippen LogP contribution < -0.4 is 10.5 Å². The second-order valence-corrected chi connectivity index (χ2v) is 5.35. The first kappa shape index (κ1) is 17.7. The van der Waals surface area contributed by atoms with Crippen molar-refractivity contribution >= 4 is 11.5 Å². The molecule has 0 saturated carbocycles. The summed E-state index contributed by atoms with van der Waals surface area (Å²) in [5.41, 5.74) is 8.60. The Morgan fingerprint density at radius 3 is 2.58 bits per heavy atom. The van der Waals surface area contributed by atoms with Gasteiger partial charge in [0.2, 0.25) is 5.91 Å². The Balaban J connectivity index is 0.00000100. The molecular formula is C20H22FNO2. The minimum Gasteiger partial charge on any atom is -0.457 e. The van der Waals surface area contributed by atoms with Gasteiger partial charge in [0.25, 0.3) is 0 Å². The maximum atomic E-state index is 13.1. The zero-order chi connectivity index (χ0) is 17.7. The molecule has 0 radical (unpaired) electrons. The van der Waals surface area contributed by atoms with Crippen LogP contribution in [0.25, 0.3) is 5.57 Å². The number of aryl methyl sites for hydroxylation is 2. The third-order valence-electron chi connectivity index (χ3n) is 3.76. The summed E-state index contributed by atoms with van der Waals surface area (Å²) in [5, 5.41) is 0. The van der Waals surface area contributed by atoms with Crippen molar-refractivity contribution in [3.8, 4) is 11.5 Å². The highest BCUT2D eigenvalue weighted by Crippen LogP contribution is 2.32. The zero-order valence-electron chi connectivity index (χ0n) is 14.2. The van der Waals surface area contributed by atoms with Crippen molar-refractivity contribution in [3.63, 3.8) is 0 Å². The molecule has 0 saturated heterocycles. The molecule has 1 aliphatic rings. The molecule has 3 nitrogen and oxygen atoms in total. The van der Waals surface area contributed by atoms with Gasteiger partial charge in [0, 0.05) is 5.57 Å². The largest absolute Gasteiger partial charge is 0.457 e. The molecule has 2 aromatic carbocycles. The summed E-state index contributed by atoms with van der Waals surface area (Å²) in [7, 11) is 0. The lowest BCUT2D eigenvalue weighted by Crippen LogP contribution is -2.16. The highest BCUT2D eigenvalue weighted by atomic mass is 19.1. The van der Waals surface area contributed by atoms with Crippen molar-refractivity contribution in [2.75, 3.05) is 0 Å². The molecule has 0 unspecified atom stereocenters. The number of rotatable bonds is 3. The van der Waals surface area contributed by atoms with Crippen molar-refractivity contribution in [1.82, 2.24) is 0 Å². The van der Waals surface area contributed by atoms with Crippen LogP contribution in [-0.2, 0) is 11.2 Å². The van der Waals surface area contributed by atoms with Crippen LogP contribution >= 0.6 is 0 Å². The van der Waals surface area contributed by atoms with Crippen LogP contribution in [-0.4, -0.2) is 5.91 Å². The van der Waals surface area contributed by atoms with E-state index in [1.165, 1.54) is 12.1 Å². The third-order valence-corrected chi connectivity index (χ3v) is 3.76. The van der Waals surface area contributed by atoms with Crippen molar-refractivity contribution in [2.24, 2.45) is 5.73 Å². The predicted molar refractivity (Wildman–Crippen MR) is 94.5 cm³/mol. The summed E-state index contributed by atoms with van der Waals surface area (Å²) in [6.07, 6.45) is 3.49. The van der Waals surface area contributed by atoms with Gasteiger partial charge in [0.15, 0.2) is 0 Å². The van der Waals surface area contributed by atoms with Crippen LogP contribution in [0.15, 0.2) is 42.5 Å². The standard InChI is InChI=1S/C18H16FNO2.C2H6/c1-11-9-13(19)5-8-17(11)22-14-6-7-15-12(10-14)3-2-4-16(15)18(20)21;1-2/h4-10H,2-3H2,1H3,(H2,20,21);1-2H3. The number of hydrogen-bond acceptors (Lipinski definition) is 2. The Hall–Kier alpha value is -2.62. The number of amides is 1. The molecule has 2 aromatic rings. The first-order valence-corrected chi connectivity index (χ1v) is 8.12. The van der Waals surface area contributed by atoms with Crippen LogP contribution in [0.5, 0.6) is 11.5 Å². The number of halogens is 1. The molecule has 2 N–H and O–H groups in total. The first-order valence-electron chi connectivity index (χ1n) is 8.12. The van der Waals surface area contributed by atoms with E-state index in [-0.39, 0.29) is 5.82 Å². The third kappa shape index (κ3) is 3.82. The molecule has 0 aliphatic heterocycles. The smallest absolute Gasteiger partial charge is 0.248 e. The minimum absolute atomic E-state index is 0.286. The second kappa shape index (κ2) is 7.77. The fourth-order valence-corrected chi connectivity index (χ4v) is 2.67. The predicted octanol–water partition coefficient (Wildman–Crippen LogP) is 4.77. The van der Waals surface area contributed by atoms with Crippen molar-refractivity contribution in [3.05, 3.63) is 65.0 Å². The van der Waals surface area contributed by atoms with E-state index < -0.39 is 5.91 Å². The molecule has 4 heteroatoms. The van der Waals surface area contributed by atoms with Gasteiger partial charge in [0.05, 0.1) is 0 Å². The van der Waals surface area contributed by atoms with E-state index in [1.807, 2.05) is 32.1 Å². The monoisotopic (exact) mass is 327 g/mol. The summed E-state index contributed by atoms with van der Waals surface area (Å²) >= 11 is 0. The number of hydrogen-bond donors (Lipinski definition) is 1. The number of primary amides is 1. The number of carbonyl (C=O) groups is 1. The maximum absolute atomic E-state index is 13.1. The number of benzene rings is 2. The summed E-state index contributed by atoms with van der Waals surface area (Å²) < 4.78 is 18.9. The highest BCUT2D eigenvalue weighted by Gasteiger charge is 2.17. The Kier molecular flexibility index (Phi) is 5.74. The van der Waals surface area contributed by atoms with E-state index in [0.29, 0.717) is 17.1 Å². The van der Waals surface area contributed by atoms with Crippen molar-refractivity contribution in [1.29, 1.82) is 0 Å². The molecule has 0 spiro atoms. The van der Waals surface area contributed by atoms with Crippen LogP contribution in [0, 0.1) is 12.7 Å². The summed E-state index contributed by atoms with van der Waals surface area (Å²) in [6, 6.07) is 9.96. The number of ether oxygens (including phenoxy) is 1. The molecule has 3 rings (SSSR count). The molecule has 126 valence electrons.